The number of amides is 1. The summed E-state index contributed by atoms with van der Waals surface area (Å²) in [4.78, 5) is 25.3. The number of ether oxygens (including phenoxy) is 1. The summed E-state index contributed by atoms with van der Waals surface area (Å²) in [6.45, 7) is 2.05. The zero-order chi connectivity index (χ0) is 17.7. The minimum atomic E-state index is -0.473. The Kier molecular flexibility index (Phi) is 6.66. The van der Waals surface area contributed by atoms with Crippen LogP contribution in [0.2, 0.25) is 10.0 Å². The lowest BCUT2D eigenvalue weighted by atomic mass is 10.1. The van der Waals surface area contributed by atoms with Crippen LogP contribution in [0.3, 0.4) is 0 Å². The zero-order valence-electron chi connectivity index (χ0n) is 13.3. The first-order chi connectivity index (χ1) is 11.5. The van der Waals surface area contributed by atoms with Gasteiger partial charge in [-0.25, -0.2) is 4.79 Å². The molecule has 1 amide bonds. The van der Waals surface area contributed by atoms with Crippen LogP contribution in [0.1, 0.15) is 34.1 Å². The summed E-state index contributed by atoms with van der Waals surface area (Å²) < 4.78 is 4.78. The Morgan fingerprint density at radius 3 is 2.50 bits per heavy atom. The standard InChI is InChI=1S/C17H17Cl2NO3S/c1-3-5-10-8-12(17(22)23-2)16(24-10)20-15(21)9-11-13(18)6-4-7-14(11)19/h4,6-8H,3,5,9H2,1-2H3,(H,20,21). The maximum atomic E-state index is 12.3. The van der Waals surface area contributed by atoms with Crippen molar-refractivity contribution >= 4 is 51.4 Å². The number of carbonyl (C=O) groups excluding carboxylic acids is 2. The monoisotopic (exact) mass is 385 g/mol. The van der Waals surface area contributed by atoms with E-state index in [1.54, 1.807) is 24.3 Å². The number of methoxy groups -OCH3 is 1. The molecule has 128 valence electrons. The van der Waals surface area contributed by atoms with Crippen molar-refractivity contribution in [2.75, 3.05) is 12.4 Å². The van der Waals surface area contributed by atoms with E-state index in [0.717, 1.165) is 17.7 Å². The molecule has 2 rings (SSSR count). The molecule has 4 nitrogen and oxygen atoms in total. The van der Waals surface area contributed by atoms with Crippen LogP contribution in [0.25, 0.3) is 0 Å². The van der Waals surface area contributed by atoms with E-state index in [2.05, 4.69) is 12.2 Å². The fraction of sp³-hybridized carbons (Fsp3) is 0.294. The Bertz CT molecular complexity index is 738. The average molecular weight is 386 g/mol. The van der Waals surface area contributed by atoms with Gasteiger partial charge in [-0.2, -0.15) is 0 Å². The van der Waals surface area contributed by atoms with Gasteiger partial charge in [0.05, 0.1) is 19.1 Å². The number of rotatable bonds is 6. The Hall–Kier alpha value is -1.56. The van der Waals surface area contributed by atoms with Gasteiger partial charge in [0, 0.05) is 14.9 Å². The highest BCUT2D eigenvalue weighted by atomic mass is 35.5. The van der Waals surface area contributed by atoms with E-state index < -0.39 is 5.97 Å². The molecule has 1 N–H and O–H groups in total. The van der Waals surface area contributed by atoms with Gasteiger partial charge in [0.25, 0.3) is 0 Å². The number of halogens is 2. The van der Waals surface area contributed by atoms with E-state index in [9.17, 15) is 9.59 Å². The summed E-state index contributed by atoms with van der Waals surface area (Å²) >= 11 is 13.6. The number of nitrogens with one attached hydrogen (secondary N) is 1. The van der Waals surface area contributed by atoms with E-state index in [4.69, 9.17) is 27.9 Å². The molecule has 0 aliphatic carbocycles. The molecule has 0 radical (unpaired) electrons. The highest BCUT2D eigenvalue weighted by molar-refractivity contribution is 7.16. The lowest BCUT2D eigenvalue weighted by Crippen LogP contribution is -2.16. The van der Waals surface area contributed by atoms with Crippen molar-refractivity contribution in [3.05, 3.63) is 50.3 Å². The van der Waals surface area contributed by atoms with Crippen LogP contribution in [0.15, 0.2) is 24.3 Å². The summed E-state index contributed by atoms with van der Waals surface area (Å²) in [5, 5.41) is 4.12. The number of benzene rings is 1. The third-order valence-electron chi connectivity index (χ3n) is 3.34. The van der Waals surface area contributed by atoms with Gasteiger partial charge >= 0.3 is 5.97 Å². The fourth-order valence-corrected chi connectivity index (χ4v) is 3.89. The molecule has 0 fully saturated rings. The SMILES string of the molecule is CCCc1cc(C(=O)OC)c(NC(=O)Cc2c(Cl)cccc2Cl)s1. The molecular formula is C17H17Cl2NO3S. The minimum Gasteiger partial charge on any atom is -0.465 e. The summed E-state index contributed by atoms with van der Waals surface area (Å²) in [7, 11) is 1.31. The Morgan fingerprint density at radius 1 is 1.25 bits per heavy atom. The van der Waals surface area contributed by atoms with Crippen LogP contribution in [0, 0.1) is 0 Å². The first-order valence-corrected chi connectivity index (χ1v) is 8.97. The number of hydrogen-bond donors (Lipinski definition) is 1. The van der Waals surface area contributed by atoms with Crippen molar-refractivity contribution < 1.29 is 14.3 Å². The van der Waals surface area contributed by atoms with E-state index in [-0.39, 0.29) is 12.3 Å². The van der Waals surface area contributed by atoms with Gasteiger partial charge in [-0.3, -0.25) is 4.79 Å². The van der Waals surface area contributed by atoms with Crippen molar-refractivity contribution in [2.24, 2.45) is 0 Å². The highest BCUT2D eigenvalue weighted by Gasteiger charge is 2.19. The van der Waals surface area contributed by atoms with Gasteiger partial charge in [0.2, 0.25) is 5.91 Å². The van der Waals surface area contributed by atoms with Crippen molar-refractivity contribution in [3.8, 4) is 0 Å². The van der Waals surface area contributed by atoms with Crippen molar-refractivity contribution in [3.63, 3.8) is 0 Å². The molecule has 0 atom stereocenters. The van der Waals surface area contributed by atoms with Gasteiger partial charge in [-0.05, 0) is 30.2 Å². The molecule has 1 heterocycles. The van der Waals surface area contributed by atoms with Crippen LogP contribution in [0.5, 0.6) is 0 Å². The van der Waals surface area contributed by atoms with Crippen molar-refractivity contribution in [1.82, 2.24) is 0 Å². The molecule has 2 aromatic rings. The average Bonchev–Trinajstić information content (AvgIpc) is 2.93. The van der Waals surface area contributed by atoms with Crippen molar-refractivity contribution in [2.45, 2.75) is 26.2 Å². The number of aryl methyl sites for hydroxylation is 1. The predicted octanol–water partition coefficient (Wildman–Crippen LogP) is 4.98. The molecule has 24 heavy (non-hydrogen) atoms. The Labute approximate surface area is 154 Å². The Morgan fingerprint density at radius 2 is 1.92 bits per heavy atom. The van der Waals surface area contributed by atoms with Crippen LogP contribution in [-0.4, -0.2) is 19.0 Å². The van der Waals surface area contributed by atoms with Gasteiger partial charge in [-0.1, -0.05) is 42.6 Å². The lowest BCUT2D eigenvalue weighted by molar-refractivity contribution is -0.115. The van der Waals surface area contributed by atoms with E-state index in [1.165, 1.54) is 18.4 Å². The second-order valence-corrected chi connectivity index (χ2v) is 7.07. The highest BCUT2D eigenvalue weighted by Crippen LogP contribution is 2.31. The van der Waals surface area contributed by atoms with E-state index in [1.807, 2.05) is 0 Å². The third-order valence-corrected chi connectivity index (χ3v) is 5.16. The number of hydrogen-bond acceptors (Lipinski definition) is 4. The summed E-state index contributed by atoms with van der Waals surface area (Å²) in [6.07, 6.45) is 1.81. The summed E-state index contributed by atoms with van der Waals surface area (Å²) in [6, 6.07) is 6.84. The largest absolute Gasteiger partial charge is 0.465 e. The summed E-state index contributed by atoms with van der Waals surface area (Å²) in [5.74, 6) is -0.764. The van der Waals surface area contributed by atoms with Gasteiger partial charge in [0.1, 0.15) is 5.00 Å². The molecular weight excluding hydrogens is 369 g/mol. The second kappa shape index (κ2) is 8.51. The molecule has 0 saturated heterocycles. The van der Waals surface area contributed by atoms with E-state index >= 15 is 0 Å². The molecule has 7 heteroatoms. The van der Waals surface area contributed by atoms with E-state index in [0.29, 0.717) is 26.2 Å². The molecule has 0 unspecified atom stereocenters. The second-order valence-electron chi connectivity index (χ2n) is 5.12. The third kappa shape index (κ3) is 4.50. The predicted molar refractivity (Wildman–Crippen MR) is 98.4 cm³/mol. The van der Waals surface area contributed by atoms with Gasteiger partial charge in [-0.15, -0.1) is 11.3 Å². The van der Waals surface area contributed by atoms with Gasteiger partial charge in [0.15, 0.2) is 0 Å². The normalized spacial score (nSPS) is 10.5. The number of thiophene rings is 1. The minimum absolute atomic E-state index is 0.0279. The fourth-order valence-electron chi connectivity index (χ4n) is 2.20. The number of esters is 1. The molecule has 1 aromatic heterocycles. The first kappa shape index (κ1) is 18.8. The van der Waals surface area contributed by atoms with Crippen LogP contribution in [0.4, 0.5) is 5.00 Å². The van der Waals surface area contributed by atoms with Crippen molar-refractivity contribution in [1.29, 1.82) is 0 Å². The van der Waals surface area contributed by atoms with Gasteiger partial charge < -0.3 is 10.1 Å². The number of anilines is 1. The number of carbonyl (C=O) groups is 2. The Balaban J connectivity index is 2.20. The maximum absolute atomic E-state index is 12.3. The molecule has 0 aliphatic rings. The molecule has 0 saturated carbocycles. The van der Waals surface area contributed by atoms with Crippen LogP contribution >= 0.6 is 34.5 Å². The molecule has 1 aromatic carbocycles. The molecule has 0 spiro atoms. The maximum Gasteiger partial charge on any atom is 0.340 e. The van der Waals surface area contributed by atoms with Crippen LogP contribution < -0.4 is 5.32 Å². The topological polar surface area (TPSA) is 55.4 Å². The lowest BCUT2D eigenvalue weighted by Gasteiger charge is -2.08. The molecule has 0 aliphatic heterocycles. The zero-order valence-corrected chi connectivity index (χ0v) is 15.6. The quantitative estimate of drug-likeness (QED) is 0.713. The molecule has 0 bridgehead atoms. The summed E-state index contributed by atoms with van der Waals surface area (Å²) in [5.41, 5.74) is 0.924. The van der Waals surface area contributed by atoms with Crippen LogP contribution in [-0.2, 0) is 22.4 Å². The first-order valence-electron chi connectivity index (χ1n) is 7.40. The smallest absolute Gasteiger partial charge is 0.340 e.